The molecule has 2 aromatic heterocycles. The number of halogens is 2. The van der Waals surface area contributed by atoms with Crippen LogP contribution in [0.4, 0.5) is 14.6 Å². The molecular formula is C25H22F2N4O4S. The number of nitrogens with zero attached hydrogens (tertiary/aromatic N) is 2. The molecule has 2 N–H and O–H groups in total. The number of pyridine rings is 1. The third kappa shape index (κ3) is 4.37. The minimum Gasteiger partial charge on any atom is -0.408 e. The average Bonchev–Trinajstić information content (AvgIpc) is 3.18. The quantitative estimate of drug-likeness (QED) is 0.374. The largest absolute Gasteiger partial charge is 0.420 e. The van der Waals surface area contributed by atoms with Crippen molar-refractivity contribution >= 4 is 26.9 Å². The molecule has 3 heterocycles. The molecule has 2 atom stereocenters. The third-order valence-electron chi connectivity index (χ3n) is 6.19. The van der Waals surface area contributed by atoms with Crippen LogP contribution in [0.5, 0.6) is 0 Å². The normalized spacial score (nSPS) is 16.6. The van der Waals surface area contributed by atoms with Crippen LogP contribution in [0, 0.1) is 11.8 Å². The van der Waals surface area contributed by atoms with Gasteiger partial charge >= 0.3 is 5.76 Å². The maximum atomic E-state index is 15.1. The molecule has 0 aliphatic carbocycles. The Morgan fingerprint density at radius 1 is 1.17 bits per heavy atom. The van der Waals surface area contributed by atoms with E-state index in [0.29, 0.717) is 0 Å². The number of oxazole rings is 1. The van der Waals surface area contributed by atoms with E-state index in [1.54, 1.807) is 6.92 Å². The molecule has 36 heavy (non-hydrogen) atoms. The number of hydrogen-bond donors (Lipinski definition) is 2. The molecular weight excluding hydrogens is 490 g/mol. The molecule has 0 saturated carbocycles. The van der Waals surface area contributed by atoms with Crippen LogP contribution in [0.2, 0.25) is 0 Å². The maximum absolute atomic E-state index is 15.1. The van der Waals surface area contributed by atoms with Gasteiger partial charge in [0.1, 0.15) is 16.5 Å². The van der Waals surface area contributed by atoms with Crippen molar-refractivity contribution in [3.8, 4) is 0 Å². The van der Waals surface area contributed by atoms with Gasteiger partial charge in [-0.15, -0.1) is 0 Å². The summed E-state index contributed by atoms with van der Waals surface area (Å²) >= 11 is 0. The highest BCUT2D eigenvalue weighted by Crippen LogP contribution is 2.33. The molecule has 0 saturated heterocycles. The van der Waals surface area contributed by atoms with Crippen molar-refractivity contribution in [1.29, 1.82) is 0 Å². The molecule has 4 aromatic rings. The molecule has 11 heteroatoms. The van der Waals surface area contributed by atoms with E-state index in [9.17, 15) is 17.6 Å². The van der Waals surface area contributed by atoms with Gasteiger partial charge in [-0.25, -0.2) is 22.6 Å². The van der Waals surface area contributed by atoms with E-state index in [2.05, 4.69) is 16.4 Å². The van der Waals surface area contributed by atoms with Crippen molar-refractivity contribution in [2.24, 2.45) is 0 Å². The number of allylic oxidation sites excluding steroid dienone is 1. The molecule has 2 unspecified atom stereocenters. The van der Waals surface area contributed by atoms with E-state index in [-0.39, 0.29) is 22.8 Å². The molecule has 0 fully saturated rings. The highest BCUT2D eigenvalue weighted by atomic mass is 32.2. The Labute approximate surface area is 205 Å². The Kier molecular flexibility index (Phi) is 6.09. The van der Waals surface area contributed by atoms with Crippen LogP contribution in [0.15, 0.2) is 81.0 Å². The van der Waals surface area contributed by atoms with Gasteiger partial charge in [-0.2, -0.15) is 4.39 Å². The Morgan fingerprint density at radius 2 is 1.97 bits per heavy atom. The summed E-state index contributed by atoms with van der Waals surface area (Å²) in [5.41, 5.74) is 1.92. The summed E-state index contributed by atoms with van der Waals surface area (Å²) in [5.74, 6) is -2.91. The second kappa shape index (κ2) is 9.23. The Bertz CT molecular complexity index is 1650. The van der Waals surface area contributed by atoms with Crippen molar-refractivity contribution in [3.63, 3.8) is 0 Å². The molecule has 1 aliphatic rings. The number of sulfonamides is 1. The molecule has 0 bridgehead atoms. The maximum Gasteiger partial charge on any atom is 0.420 e. The van der Waals surface area contributed by atoms with Crippen molar-refractivity contribution in [2.45, 2.75) is 30.2 Å². The second-order valence-electron chi connectivity index (χ2n) is 8.45. The zero-order chi connectivity index (χ0) is 25.4. The summed E-state index contributed by atoms with van der Waals surface area (Å²) in [4.78, 5) is 15.6. The van der Waals surface area contributed by atoms with Crippen molar-refractivity contribution in [2.75, 3.05) is 11.3 Å². The highest BCUT2D eigenvalue weighted by molar-refractivity contribution is 7.92. The van der Waals surface area contributed by atoms with E-state index in [1.165, 1.54) is 16.7 Å². The number of hydrogen-bond acceptors (Lipinski definition) is 6. The van der Waals surface area contributed by atoms with E-state index < -0.39 is 38.5 Å². The van der Waals surface area contributed by atoms with Crippen molar-refractivity contribution < 1.29 is 21.6 Å². The number of nitrogens with one attached hydrogen (secondary N) is 2. The summed E-state index contributed by atoms with van der Waals surface area (Å²) in [5, 5.41) is 3.17. The summed E-state index contributed by atoms with van der Waals surface area (Å²) in [6.45, 7) is 2.62. The van der Waals surface area contributed by atoms with E-state index in [4.69, 9.17) is 4.42 Å². The smallest absolute Gasteiger partial charge is 0.408 e. The first-order chi connectivity index (χ1) is 17.2. The summed E-state index contributed by atoms with van der Waals surface area (Å²) in [6.07, 6.45) is 4.84. The molecule has 186 valence electrons. The summed E-state index contributed by atoms with van der Waals surface area (Å²) in [6, 6.07) is 12.6. The fourth-order valence-corrected chi connectivity index (χ4v) is 5.57. The zero-order valence-corrected chi connectivity index (χ0v) is 19.9. The van der Waals surface area contributed by atoms with Gasteiger partial charge in [0.25, 0.3) is 10.0 Å². The van der Waals surface area contributed by atoms with Crippen LogP contribution < -0.4 is 15.8 Å². The van der Waals surface area contributed by atoms with Crippen LogP contribution in [-0.4, -0.2) is 24.5 Å². The highest BCUT2D eigenvalue weighted by Gasteiger charge is 2.26. The van der Waals surface area contributed by atoms with E-state index >= 15 is 4.39 Å². The zero-order valence-electron chi connectivity index (χ0n) is 19.1. The summed E-state index contributed by atoms with van der Waals surface area (Å²) < 4.78 is 62.8. The Balaban J connectivity index is 1.56. The van der Waals surface area contributed by atoms with Gasteiger partial charge < -0.3 is 9.73 Å². The minimum atomic E-state index is -4.49. The standard InChI is InChI=1S/C25H22F2N4O4S/c1-15(17-5-2-3-6-18(17)16-9-11-28-12-10-16)31-20-13-19(26)22(14-21(20)35-25(31)32)36(33,34)30-24-8-4-7-23(27)29-24/h2-9,11,13-16,28H,10,12H2,1H3,(H,29,30). The van der Waals surface area contributed by atoms with Crippen LogP contribution >= 0.6 is 0 Å². The first-order valence-corrected chi connectivity index (χ1v) is 12.7. The first kappa shape index (κ1) is 23.7. The predicted octanol–water partition coefficient (Wildman–Crippen LogP) is 4.27. The monoisotopic (exact) mass is 512 g/mol. The lowest BCUT2D eigenvalue weighted by Gasteiger charge is -2.24. The number of fused-ring (bicyclic) bond motifs is 1. The minimum absolute atomic E-state index is 0.0972. The van der Waals surface area contributed by atoms with Gasteiger partial charge in [0.15, 0.2) is 5.58 Å². The Hall–Kier alpha value is -3.99. The fourth-order valence-electron chi connectivity index (χ4n) is 4.50. The lowest BCUT2D eigenvalue weighted by molar-refractivity contribution is 0.487. The molecule has 0 spiro atoms. The van der Waals surface area contributed by atoms with Crippen LogP contribution in [0.25, 0.3) is 11.1 Å². The van der Waals surface area contributed by atoms with Gasteiger partial charge in [0, 0.05) is 24.6 Å². The van der Waals surface area contributed by atoms with Crippen LogP contribution in [0.3, 0.4) is 0 Å². The van der Waals surface area contributed by atoms with Gasteiger partial charge in [-0.1, -0.05) is 36.4 Å². The van der Waals surface area contributed by atoms with E-state index in [1.807, 2.05) is 35.2 Å². The second-order valence-corrected chi connectivity index (χ2v) is 10.1. The first-order valence-electron chi connectivity index (χ1n) is 11.2. The fraction of sp³-hybridized carbons (Fsp3) is 0.200. The molecule has 0 amide bonds. The number of aromatic nitrogens is 2. The number of benzene rings is 2. The van der Waals surface area contributed by atoms with Gasteiger partial charge in [-0.3, -0.25) is 9.29 Å². The van der Waals surface area contributed by atoms with Crippen LogP contribution in [-0.2, 0) is 10.0 Å². The van der Waals surface area contributed by atoms with Gasteiger partial charge in [-0.05, 0) is 42.8 Å². The van der Waals surface area contributed by atoms with Gasteiger partial charge in [0.2, 0.25) is 5.95 Å². The lowest BCUT2D eigenvalue weighted by Crippen LogP contribution is -2.22. The molecule has 2 aromatic carbocycles. The molecule has 8 nitrogen and oxygen atoms in total. The number of anilines is 1. The third-order valence-corrected chi connectivity index (χ3v) is 7.56. The number of rotatable bonds is 6. The van der Waals surface area contributed by atoms with Crippen molar-refractivity contribution in [3.05, 3.63) is 100 Å². The SMILES string of the molecule is CC(c1ccccc1C1C=CNCC1)n1c(=O)oc2cc(S(=O)(=O)Nc3cccc(F)n3)c(F)cc21. The molecule has 0 radical (unpaired) electrons. The van der Waals surface area contributed by atoms with E-state index in [0.717, 1.165) is 42.3 Å². The molecule has 1 aliphatic heterocycles. The molecule has 5 rings (SSSR count). The summed E-state index contributed by atoms with van der Waals surface area (Å²) in [7, 11) is -4.49. The topological polar surface area (TPSA) is 106 Å². The van der Waals surface area contributed by atoms with Crippen molar-refractivity contribution in [1.82, 2.24) is 14.9 Å². The Morgan fingerprint density at radius 3 is 2.72 bits per heavy atom. The average molecular weight is 513 g/mol. The van der Waals surface area contributed by atoms with Crippen LogP contribution in [0.1, 0.15) is 36.4 Å². The predicted molar refractivity (Wildman–Crippen MR) is 130 cm³/mol. The van der Waals surface area contributed by atoms with Gasteiger partial charge in [0.05, 0.1) is 11.6 Å². The lowest BCUT2D eigenvalue weighted by atomic mass is 9.88.